The molecule has 1 atom stereocenters. The average Bonchev–Trinajstić information content (AvgIpc) is 2.69. The van der Waals surface area contributed by atoms with Crippen LogP contribution in [0.1, 0.15) is 33.3 Å². The molecule has 0 aliphatic carbocycles. The van der Waals surface area contributed by atoms with Crippen molar-refractivity contribution in [3.8, 4) is 11.5 Å². The maximum absolute atomic E-state index is 14.2. The van der Waals surface area contributed by atoms with Crippen LogP contribution in [0, 0.1) is 5.82 Å². The minimum atomic E-state index is -0.822. The second-order valence-corrected chi connectivity index (χ2v) is 7.97. The Morgan fingerprint density at radius 1 is 1.07 bits per heavy atom. The van der Waals surface area contributed by atoms with E-state index < -0.39 is 23.3 Å². The second-order valence-electron chi connectivity index (χ2n) is 7.97. The first kappa shape index (κ1) is 23.2. The summed E-state index contributed by atoms with van der Waals surface area (Å²) in [4.78, 5) is 27.0. The first-order chi connectivity index (χ1) is 14.1. The van der Waals surface area contributed by atoms with E-state index in [1.165, 1.54) is 18.1 Å². The highest BCUT2D eigenvalue weighted by molar-refractivity contribution is 5.88. The fraction of sp³-hybridized carbons (Fsp3) is 0.391. The van der Waals surface area contributed by atoms with Crippen LogP contribution in [0.5, 0.6) is 11.5 Å². The molecule has 0 spiro atoms. The van der Waals surface area contributed by atoms with Crippen molar-refractivity contribution in [2.75, 3.05) is 13.7 Å². The number of para-hydroxylation sites is 2. The highest BCUT2D eigenvalue weighted by atomic mass is 19.1. The number of halogens is 1. The topological polar surface area (TPSA) is 67.9 Å². The molecule has 0 saturated carbocycles. The molecular formula is C23H29FN2O4. The first-order valence-electron chi connectivity index (χ1n) is 9.73. The van der Waals surface area contributed by atoms with Crippen LogP contribution in [-0.4, -0.2) is 42.0 Å². The molecule has 0 fully saturated rings. The molecule has 0 bridgehead atoms. The Labute approximate surface area is 177 Å². The third-order valence-corrected chi connectivity index (χ3v) is 4.38. The predicted octanol–water partition coefficient (Wildman–Crippen LogP) is 3.55. The third kappa shape index (κ3) is 6.47. The molecule has 0 aliphatic heterocycles. The van der Waals surface area contributed by atoms with Gasteiger partial charge < -0.3 is 19.7 Å². The number of amides is 2. The molecule has 2 amide bonds. The SMILES string of the molecule is COc1ccccc1OCC(=O)N(Cc1ccccc1F)[C@H](C)C(=O)NC(C)(C)C. The van der Waals surface area contributed by atoms with Crippen LogP contribution >= 0.6 is 0 Å². The van der Waals surface area contributed by atoms with E-state index in [4.69, 9.17) is 9.47 Å². The van der Waals surface area contributed by atoms with Gasteiger partial charge in [-0.05, 0) is 45.9 Å². The smallest absolute Gasteiger partial charge is 0.261 e. The van der Waals surface area contributed by atoms with Gasteiger partial charge in [0.15, 0.2) is 18.1 Å². The van der Waals surface area contributed by atoms with Crippen molar-refractivity contribution >= 4 is 11.8 Å². The van der Waals surface area contributed by atoms with E-state index in [9.17, 15) is 14.0 Å². The number of carbonyl (C=O) groups excluding carboxylic acids is 2. The Kier molecular flexibility index (Phi) is 7.80. The molecule has 30 heavy (non-hydrogen) atoms. The number of methoxy groups -OCH3 is 1. The zero-order valence-corrected chi connectivity index (χ0v) is 18.1. The lowest BCUT2D eigenvalue weighted by Gasteiger charge is -2.31. The molecule has 2 rings (SSSR count). The van der Waals surface area contributed by atoms with Gasteiger partial charge in [-0.25, -0.2) is 4.39 Å². The Morgan fingerprint density at radius 3 is 2.27 bits per heavy atom. The largest absolute Gasteiger partial charge is 0.493 e. The summed E-state index contributed by atoms with van der Waals surface area (Å²) in [5.41, 5.74) is -0.148. The van der Waals surface area contributed by atoms with Crippen molar-refractivity contribution in [3.63, 3.8) is 0 Å². The molecule has 7 heteroatoms. The first-order valence-corrected chi connectivity index (χ1v) is 9.73. The summed E-state index contributed by atoms with van der Waals surface area (Å²) in [6.07, 6.45) is 0. The van der Waals surface area contributed by atoms with Crippen molar-refractivity contribution in [2.24, 2.45) is 0 Å². The summed E-state index contributed by atoms with van der Waals surface area (Å²) in [5.74, 6) is -0.315. The van der Waals surface area contributed by atoms with Crippen molar-refractivity contribution in [1.29, 1.82) is 0 Å². The molecule has 162 valence electrons. The van der Waals surface area contributed by atoms with Gasteiger partial charge in [-0.3, -0.25) is 9.59 Å². The quantitative estimate of drug-likeness (QED) is 0.715. The lowest BCUT2D eigenvalue weighted by Crippen LogP contribution is -2.53. The predicted molar refractivity (Wildman–Crippen MR) is 113 cm³/mol. The van der Waals surface area contributed by atoms with E-state index in [0.29, 0.717) is 17.1 Å². The van der Waals surface area contributed by atoms with Crippen molar-refractivity contribution in [1.82, 2.24) is 10.2 Å². The molecule has 1 N–H and O–H groups in total. The van der Waals surface area contributed by atoms with Gasteiger partial charge in [0, 0.05) is 17.6 Å². The van der Waals surface area contributed by atoms with Crippen LogP contribution < -0.4 is 14.8 Å². The molecule has 2 aromatic carbocycles. The van der Waals surface area contributed by atoms with Crippen molar-refractivity contribution in [3.05, 3.63) is 59.9 Å². The van der Waals surface area contributed by atoms with Crippen molar-refractivity contribution in [2.45, 2.75) is 45.8 Å². The molecule has 0 saturated heterocycles. The van der Waals surface area contributed by atoms with Gasteiger partial charge in [0.2, 0.25) is 5.91 Å². The summed E-state index contributed by atoms with van der Waals surface area (Å²) in [7, 11) is 1.51. The Bertz CT molecular complexity index is 880. The maximum Gasteiger partial charge on any atom is 0.261 e. The summed E-state index contributed by atoms with van der Waals surface area (Å²) < 4.78 is 25.1. The summed E-state index contributed by atoms with van der Waals surface area (Å²) in [5, 5.41) is 2.86. The van der Waals surface area contributed by atoms with Gasteiger partial charge in [-0.2, -0.15) is 0 Å². The van der Waals surface area contributed by atoms with Gasteiger partial charge in [0.1, 0.15) is 11.9 Å². The van der Waals surface area contributed by atoms with E-state index in [1.54, 1.807) is 49.4 Å². The molecule has 0 aliphatic rings. The number of nitrogens with zero attached hydrogens (tertiary/aromatic N) is 1. The van der Waals surface area contributed by atoms with Crippen LogP contribution in [-0.2, 0) is 16.1 Å². The Balaban J connectivity index is 2.22. The summed E-state index contributed by atoms with van der Waals surface area (Å²) in [6, 6.07) is 12.3. The molecule has 0 radical (unpaired) electrons. The molecule has 0 unspecified atom stereocenters. The van der Waals surface area contributed by atoms with E-state index in [2.05, 4.69) is 5.32 Å². The monoisotopic (exact) mass is 416 g/mol. The maximum atomic E-state index is 14.2. The molecule has 0 aromatic heterocycles. The summed E-state index contributed by atoms with van der Waals surface area (Å²) >= 11 is 0. The number of hydrogen-bond acceptors (Lipinski definition) is 4. The minimum absolute atomic E-state index is 0.0560. The van der Waals surface area contributed by atoms with Crippen molar-refractivity contribution < 1.29 is 23.5 Å². The van der Waals surface area contributed by atoms with Crippen LogP contribution in [0.25, 0.3) is 0 Å². The van der Waals surface area contributed by atoms with Crippen LogP contribution in [0.15, 0.2) is 48.5 Å². The van der Waals surface area contributed by atoms with Gasteiger partial charge >= 0.3 is 0 Å². The number of benzene rings is 2. The fourth-order valence-corrected chi connectivity index (χ4v) is 2.83. The van der Waals surface area contributed by atoms with Gasteiger partial charge in [0.25, 0.3) is 5.91 Å². The van der Waals surface area contributed by atoms with Gasteiger partial charge in [-0.15, -0.1) is 0 Å². The van der Waals surface area contributed by atoms with Crippen LogP contribution in [0.2, 0.25) is 0 Å². The van der Waals surface area contributed by atoms with E-state index in [-0.39, 0.29) is 19.1 Å². The number of ether oxygens (including phenoxy) is 2. The highest BCUT2D eigenvalue weighted by Crippen LogP contribution is 2.26. The Morgan fingerprint density at radius 2 is 1.67 bits per heavy atom. The lowest BCUT2D eigenvalue weighted by atomic mass is 10.1. The van der Waals surface area contributed by atoms with Gasteiger partial charge in [-0.1, -0.05) is 30.3 Å². The van der Waals surface area contributed by atoms with Gasteiger partial charge in [0.05, 0.1) is 7.11 Å². The second kappa shape index (κ2) is 10.1. The molecule has 2 aromatic rings. The normalized spacial score (nSPS) is 12.1. The molecular weight excluding hydrogens is 387 g/mol. The highest BCUT2D eigenvalue weighted by Gasteiger charge is 2.29. The van der Waals surface area contributed by atoms with E-state index in [1.807, 2.05) is 20.8 Å². The zero-order valence-electron chi connectivity index (χ0n) is 18.1. The zero-order chi connectivity index (χ0) is 22.3. The number of rotatable bonds is 8. The molecule has 0 heterocycles. The van der Waals surface area contributed by atoms with Crippen LogP contribution in [0.3, 0.4) is 0 Å². The number of hydrogen-bond donors (Lipinski definition) is 1. The number of nitrogens with one attached hydrogen (secondary N) is 1. The third-order valence-electron chi connectivity index (χ3n) is 4.38. The Hall–Kier alpha value is -3.09. The summed E-state index contributed by atoms with van der Waals surface area (Å²) in [6.45, 7) is 6.80. The fourth-order valence-electron chi connectivity index (χ4n) is 2.83. The standard InChI is InChI=1S/C23H29FN2O4/c1-16(22(28)25-23(2,3)4)26(14-17-10-6-7-11-18(17)24)21(27)15-30-20-13-9-8-12-19(20)29-5/h6-13,16H,14-15H2,1-5H3,(H,25,28)/t16-/m1/s1. The van der Waals surface area contributed by atoms with E-state index in [0.717, 1.165) is 0 Å². The van der Waals surface area contributed by atoms with Crippen LogP contribution in [0.4, 0.5) is 4.39 Å². The average molecular weight is 416 g/mol. The van der Waals surface area contributed by atoms with E-state index >= 15 is 0 Å². The minimum Gasteiger partial charge on any atom is -0.493 e. The molecule has 6 nitrogen and oxygen atoms in total. The lowest BCUT2D eigenvalue weighted by molar-refractivity contribution is -0.142. The number of carbonyl (C=O) groups is 2.